The molecule has 200 valence electrons. The van der Waals surface area contributed by atoms with Crippen LogP contribution in [0.25, 0.3) is 0 Å². The van der Waals surface area contributed by atoms with Gasteiger partial charge >= 0.3 is 0 Å². The third-order valence-electron chi connectivity index (χ3n) is 5.99. The van der Waals surface area contributed by atoms with E-state index in [0.29, 0.717) is 12.2 Å². The van der Waals surface area contributed by atoms with E-state index < -0.39 is 22.0 Å². The lowest BCUT2D eigenvalue weighted by molar-refractivity contribution is -0.121. The van der Waals surface area contributed by atoms with Crippen molar-refractivity contribution in [3.63, 3.8) is 0 Å². The first-order valence-electron chi connectivity index (χ1n) is 12.5. The van der Waals surface area contributed by atoms with Crippen molar-refractivity contribution < 1.29 is 17.9 Å². The van der Waals surface area contributed by atoms with E-state index >= 15 is 0 Å². The van der Waals surface area contributed by atoms with Crippen molar-refractivity contribution in [1.82, 2.24) is 10.1 Å². The predicted octanol–water partition coefficient (Wildman–Crippen LogP) is 5.44. The lowest BCUT2D eigenvalue weighted by atomic mass is 10.0. The van der Waals surface area contributed by atoms with Crippen LogP contribution in [0.4, 0.5) is 0 Å². The van der Waals surface area contributed by atoms with Gasteiger partial charge in [0.2, 0.25) is 15.9 Å². The van der Waals surface area contributed by atoms with Gasteiger partial charge in [-0.3, -0.25) is 4.79 Å². The molecule has 0 unspecified atom stereocenters. The van der Waals surface area contributed by atoms with Gasteiger partial charge in [-0.1, -0.05) is 77.9 Å². The quantitative estimate of drug-likeness (QED) is 0.195. The van der Waals surface area contributed by atoms with Crippen molar-refractivity contribution in [2.45, 2.75) is 37.8 Å². The zero-order valence-electron chi connectivity index (χ0n) is 21.9. The largest absolute Gasteiger partial charge is 0.489 e. The molecule has 0 aliphatic heterocycles. The van der Waals surface area contributed by atoms with Crippen molar-refractivity contribution >= 4 is 22.1 Å². The molecule has 0 aliphatic carbocycles. The van der Waals surface area contributed by atoms with Crippen LogP contribution < -0.4 is 14.9 Å². The Bertz CT molecular complexity index is 1520. The summed E-state index contributed by atoms with van der Waals surface area (Å²) in [5, 5.41) is 4.04. The molecular weight excluding hydrogens is 510 g/mol. The fourth-order valence-electron chi connectivity index (χ4n) is 3.91. The maximum absolute atomic E-state index is 13.0. The van der Waals surface area contributed by atoms with Crippen molar-refractivity contribution in [2.75, 3.05) is 0 Å². The van der Waals surface area contributed by atoms with E-state index in [1.54, 1.807) is 48.5 Å². The van der Waals surface area contributed by atoms with Crippen LogP contribution in [0.3, 0.4) is 0 Å². The van der Waals surface area contributed by atoms with Gasteiger partial charge in [-0.2, -0.15) is 5.10 Å². The summed E-state index contributed by atoms with van der Waals surface area (Å²) >= 11 is 0. The highest BCUT2D eigenvalue weighted by molar-refractivity contribution is 7.89. The number of benzene rings is 4. The summed E-state index contributed by atoms with van der Waals surface area (Å²) < 4.78 is 34.5. The maximum Gasteiger partial charge on any atom is 0.242 e. The maximum atomic E-state index is 13.0. The van der Waals surface area contributed by atoms with E-state index in [-0.39, 0.29) is 11.3 Å². The molecule has 1 amide bonds. The summed E-state index contributed by atoms with van der Waals surface area (Å²) in [6.07, 6.45) is 1.40. The number of hydrazone groups is 1. The molecule has 0 spiro atoms. The number of rotatable bonds is 11. The molecule has 0 saturated carbocycles. The second-order valence-electron chi connectivity index (χ2n) is 9.24. The average Bonchev–Trinajstić information content (AvgIpc) is 2.93. The number of nitrogens with one attached hydrogen (secondary N) is 2. The van der Waals surface area contributed by atoms with Gasteiger partial charge in [0.25, 0.3) is 0 Å². The number of carbonyl (C=O) groups excluding carboxylic acids is 1. The molecule has 0 saturated heterocycles. The van der Waals surface area contributed by atoms with Gasteiger partial charge < -0.3 is 4.74 Å². The van der Waals surface area contributed by atoms with Crippen LogP contribution in [0.5, 0.6) is 5.75 Å². The third kappa shape index (κ3) is 8.36. The molecule has 0 aromatic heterocycles. The highest BCUT2D eigenvalue weighted by atomic mass is 32.2. The Balaban J connectivity index is 1.35. The number of amides is 1. The molecule has 39 heavy (non-hydrogen) atoms. The highest BCUT2D eigenvalue weighted by Crippen LogP contribution is 2.21. The first kappa shape index (κ1) is 27.8. The first-order chi connectivity index (χ1) is 18.8. The molecule has 0 aliphatic rings. The number of hydrogen-bond donors (Lipinski definition) is 2. The van der Waals surface area contributed by atoms with Gasteiger partial charge in [0.1, 0.15) is 12.4 Å². The summed E-state index contributed by atoms with van der Waals surface area (Å²) in [4.78, 5) is 12.8. The normalized spacial score (nSPS) is 12.3. The highest BCUT2D eigenvalue weighted by Gasteiger charge is 2.23. The first-order valence-corrected chi connectivity index (χ1v) is 14.0. The topological polar surface area (TPSA) is 96.9 Å². The van der Waals surface area contributed by atoms with Crippen molar-refractivity contribution in [2.24, 2.45) is 5.10 Å². The molecule has 0 fully saturated rings. The van der Waals surface area contributed by atoms with E-state index in [0.717, 1.165) is 22.4 Å². The molecule has 1 atom stereocenters. The zero-order chi connectivity index (χ0) is 27.7. The standard InChI is InChI=1S/C31H31N3O4S/c1-23-11-17-29(18-12-23)39(36,37)34-30(27-9-4-3-5-10-27)20-31(35)33-32-21-25-13-15-28(16-14-25)38-22-26-8-6-7-24(2)19-26/h3-19,21,30,34H,20,22H2,1-2H3,(H,33,35)/b32-21-/t30-/m0/s1. The summed E-state index contributed by atoms with van der Waals surface area (Å²) in [7, 11) is -3.84. The van der Waals surface area contributed by atoms with Crippen LogP contribution in [0, 0.1) is 13.8 Å². The molecule has 2 N–H and O–H groups in total. The Labute approximate surface area is 229 Å². The predicted molar refractivity (Wildman–Crippen MR) is 153 cm³/mol. The molecule has 0 bridgehead atoms. The van der Waals surface area contributed by atoms with Crippen LogP contribution in [0.1, 0.15) is 40.3 Å². The zero-order valence-corrected chi connectivity index (χ0v) is 22.7. The van der Waals surface area contributed by atoms with E-state index in [1.165, 1.54) is 11.8 Å². The third-order valence-corrected chi connectivity index (χ3v) is 7.48. The van der Waals surface area contributed by atoms with Crippen molar-refractivity contribution in [3.05, 3.63) is 131 Å². The van der Waals surface area contributed by atoms with E-state index in [1.807, 2.05) is 62.4 Å². The lowest BCUT2D eigenvalue weighted by Gasteiger charge is -2.18. The van der Waals surface area contributed by atoms with Gasteiger partial charge in [0.05, 0.1) is 17.2 Å². The van der Waals surface area contributed by atoms with E-state index in [4.69, 9.17) is 4.74 Å². The minimum absolute atomic E-state index is 0.127. The molecule has 4 aromatic carbocycles. The number of carbonyl (C=O) groups is 1. The molecule has 0 radical (unpaired) electrons. The van der Waals surface area contributed by atoms with Gasteiger partial charge in [0, 0.05) is 6.42 Å². The molecule has 7 nitrogen and oxygen atoms in total. The van der Waals surface area contributed by atoms with Crippen LogP contribution in [0.2, 0.25) is 0 Å². The van der Waals surface area contributed by atoms with E-state index in [9.17, 15) is 13.2 Å². The summed E-state index contributed by atoms with van der Waals surface area (Å²) in [6.45, 7) is 4.40. The second kappa shape index (κ2) is 13.0. The summed E-state index contributed by atoms with van der Waals surface area (Å²) in [5.41, 5.74) is 7.18. The minimum Gasteiger partial charge on any atom is -0.489 e. The van der Waals surface area contributed by atoms with Crippen molar-refractivity contribution in [3.8, 4) is 5.75 Å². The smallest absolute Gasteiger partial charge is 0.242 e. The molecular formula is C31H31N3O4S. The second-order valence-corrected chi connectivity index (χ2v) is 11.0. The van der Waals surface area contributed by atoms with Crippen LogP contribution in [0.15, 0.2) is 113 Å². The summed E-state index contributed by atoms with van der Waals surface area (Å²) in [6, 6.07) is 30.3. The van der Waals surface area contributed by atoms with E-state index in [2.05, 4.69) is 21.3 Å². The fourth-order valence-corrected chi connectivity index (χ4v) is 5.14. The van der Waals surface area contributed by atoms with Crippen LogP contribution >= 0.6 is 0 Å². The molecule has 4 rings (SSSR count). The van der Waals surface area contributed by atoms with Gasteiger partial charge in [-0.25, -0.2) is 18.6 Å². The Morgan fingerprint density at radius 3 is 2.28 bits per heavy atom. The average molecular weight is 542 g/mol. The van der Waals surface area contributed by atoms with Crippen LogP contribution in [-0.2, 0) is 21.4 Å². The fraction of sp³-hybridized carbons (Fsp3) is 0.161. The monoisotopic (exact) mass is 541 g/mol. The Morgan fingerprint density at radius 1 is 0.872 bits per heavy atom. The lowest BCUT2D eigenvalue weighted by Crippen LogP contribution is -2.32. The Morgan fingerprint density at radius 2 is 1.59 bits per heavy atom. The van der Waals surface area contributed by atoms with Gasteiger partial charge in [-0.05, 0) is 66.9 Å². The molecule has 0 heterocycles. The number of sulfonamides is 1. The molecule has 4 aromatic rings. The molecule has 8 heteroatoms. The Hall–Kier alpha value is -4.27. The van der Waals surface area contributed by atoms with Crippen LogP contribution in [-0.4, -0.2) is 20.5 Å². The SMILES string of the molecule is Cc1ccc(S(=O)(=O)N[C@@H](CC(=O)N/N=C\c2ccc(OCc3cccc(C)c3)cc2)c2ccccc2)cc1. The number of hydrogen-bond acceptors (Lipinski definition) is 5. The Kier molecular flexibility index (Phi) is 9.25. The number of ether oxygens (including phenoxy) is 1. The summed E-state index contributed by atoms with van der Waals surface area (Å²) in [5.74, 6) is 0.300. The van der Waals surface area contributed by atoms with Crippen molar-refractivity contribution in [1.29, 1.82) is 0 Å². The van der Waals surface area contributed by atoms with Gasteiger partial charge in [-0.15, -0.1) is 0 Å². The minimum atomic E-state index is -3.84. The van der Waals surface area contributed by atoms with Gasteiger partial charge in [0.15, 0.2) is 0 Å². The number of aryl methyl sites for hydroxylation is 2. The number of nitrogens with zero attached hydrogens (tertiary/aromatic N) is 1.